The van der Waals surface area contributed by atoms with Gasteiger partial charge in [0.15, 0.2) is 0 Å². The Morgan fingerprint density at radius 3 is 1.16 bits per heavy atom. The molecular weight excluding hydrogens is 695 g/mol. The lowest BCUT2D eigenvalue weighted by atomic mass is 10.1. The molecular formula is C52H33N5. The zero-order chi connectivity index (χ0) is 37.5. The number of rotatable bonds is 5. The predicted molar refractivity (Wildman–Crippen MR) is 236 cm³/mol. The Morgan fingerprint density at radius 2 is 0.684 bits per heavy atom. The van der Waals surface area contributed by atoms with Gasteiger partial charge in [-0.2, -0.15) is 0 Å². The minimum absolute atomic E-state index is 0.619. The van der Waals surface area contributed by atoms with E-state index < -0.39 is 0 Å². The largest absolute Gasteiger partial charge is 0.309 e. The van der Waals surface area contributed by atoms with E-state index >= 15 is 0 Å². The summed E-state index contributed by atoms with van der Waals surface area (Å²) >= 11 is 0. The van der Waals surface area contributed by atoms with E-state index in [2.05, 4.69) is 202 Å². The van der Waals surface area contributed by atoms with E-state index in [1.54, 1.807) is 0 Å². The summed E-state index contributed by atoms with van der Waals surface area (Å²) in [7, 11) is 0. The maximum atomic E-state index is 5.39. The molecule has 0 aliphatic carbocycles. The van der Waals surface area contributed by atoms with Crippen LogP contribution in [0.3, 0.4) is 0 Å². The lowest BCUT2D eigenvalue weighted by Crippen LogP contribution is -2.05. The van der Waals surface area contributed by atoms with Gasteiger partial charge in [0.05, 0.1) is 55.9 Å². The first-order valence-corrected chi connectivity index (χ1v) is 19.3. The van der Waals surface area contributed by atoms with E-state index in [1.165, 1.54) is 21.5 Å². The van der Waals surface area contributed by atoms with Gasteiger partial charge in [0.1, 0.15) is 0 Å². The molecule has 0 aliphatic rings. The fraction of sp³-hybridized carbons (Fsp3) is 0. The van der Waals surface area contributed by atoms with Crippen molar-refractivity contribution in [1.29, 1.82) is 0 Å². The van der Waals surface area contributed by atoms with Gasteiger partial charge >= 0.3 is 0 Å². The summed E-state index contributed by atoms with van der Waals surface area (Å²) < 4.78 is 7.15. The van der Waals surface area contributed by atoms with Crippen LogP contribution in [0.1, 0.15) is 0 Å². The quantitative estimate of drug-likeness (QED) is 0.177. The van der Waals surface area contributed by atoms with Crippen molar-refractivity contribution in [2.45, 2.75) is 0 Å². The average Bonchev–Trinajstić information content (AvgIpc) is 3.92. The first kappa shape index (κ1) is 31.6. The smallest absolute Gasteiger partial charge is 0.235 e. The number of hydrogen-bond acceptors (Lipinski definition) is 2. The highest BCUT2D eigenvalue weighted by molar-refractivity contribution is 6.17. The van der Waals surface area contributed by atoms with Gasteiger partial charge in [0.25, 0.3) is 0 Å². The first-order chi connectivity index (χ1) is 28.3. The van der Waals surface area contributed by atoms with Crippen LogP contribution in [0.15, 0.2) is 200 Å². The Hall–Kier alpha value is -7.76. The van der Waals surface area contributed by atoms with Gasteiger partial charge in [-0.3, -0.25) is 4.57 Å². The van der Waals surface area contributed by atoms with Crippen molar-refractivity contribution >= 4 is 65.4 Å². The molecule has 0 aliphatic heterocycles. The maximum Gasteiger partial charge on any atom is 0.235 e. The minimum Gasteiger partial charge on any atom is -0.309 e. The second kappa shape index (κ2) is 12.4. The zero-order valence-corrected chi connectivity index (χ0v) is 30.8. The third kappa shape index (κ3) is 4.76. The molecule has 266 valence electrons. The maximum absolute atomic E-state index is 5.39. The van der Waals surface area contributed by atoms with Gasteiger partial charge in [0, 0.05) is 43.4 Å². The van der Waals surface area contributed by atoms with Crippen molar-refractivity contribution in [3.63, 3.8) is 0 Å². The number of hydrogen-bond donors (Lipinski definition) is 0. The molecule has 4 aromatic heterocycles. The van der Waals surface area contributed by atoms with Crippen LogP contribution in [-0.2, 0) is 0 Å². The number of para-hydroxylation sites is 5. The lowest BCUT2D eigenvalue weighted by Gasteiger charge is -2.16. The average molecular weight is 728 g/mol. The molecule has 5 nitrogen and oxygen atoms in total. The number of aromatic nitrogens is 5. The molecule has 0 N–H and O–H groups in total. The predicted octanol–water partition coefficient (Wildman–Crippen LogP) is 13.1. The Morgan fingerprint density at radius 1 is 0.298 bits per heavy atom. The van der Waals surface area contributed by atoms with Crippen LogP contribution < -0.4 is 0 Å². The van der Waals surface area contributed by atoms with E-state index in [9.17, 15) is 0 Å². The van der Waals surface area contributed by atoms with Crippen LogP contribution in [0.4, 0.5) is 0 Å². The van der Waals surface area contributed by atoms with Gasteiger partial charge in [-0.05, 0) is 48.5 Å². The van der Waals surface area contributed by atoms with E-state index in [4.69, 9.17) is 9.97 Å². The van der Waals surface area contributed by atoms with Crippen molar-refractivity contribution < 1.29 is 0 Å². The molecule has 8 aromatic carbocycles. The molecule has 0 radical (unpaired) electrons. The van der Waals surface area contributed by atoms with Gasteiger partial charge in [0.2, 0.25) is 5.95 Å². The van der Waals surface area contributed by atoms with Crippen LogP contribution >= 0.6 is 0 Å². The summed E-state index contributed by atoms with van der Waals surface area (Å²) in [6.45, 7) is 0. The molecule has 0 unspecified atom stereocenters. The van der Waals surface area contributed by atoms with Gasteiger partial charge in [-0.1, -0.05) is 152 Å². The van der Waals surface area contributed by atoms with E-state index in [0.29, 0.717) is 5.95 Å². The van der Waals surface area contributed by atoms with E-state index in [-0.39, 0.29) is 0 Å². The fourth-order valence-corrected chi connectivity index (χ4v) is 9.01. The molecule has 0 amide bonds. The van der Waals surface area contributed by atoms with Crippen molar-refractivity contribution in [2.24, 2.45) is 0 Å². The molecule has 0 spiro atoms. The van der Waals surface area contributed by atoms with Crippen molar-refractivity contribution in [3.8, 4) is 39.8 Å². The molecule has 0 saturated carbocycles. The topological polar surface area (TPSA) is 40.6 Å². The summed E-state index contributed by atoms with van der Waals surface area (Å²) in [5, 5.41) is 7.15. The molecule has 4 heterocycles. The zero-order valence-electron chi connectivity index (χ0n) is 30.8. The highest BCUT2D eigenvalue weighted by atomic mass is 15.2. The lowest BCUT2D eigenvalue weighted by molar-refractivity contribution is 0.994. The Kier molecular flexibility index (Phi) is 6.86. The molecule has 0 atom stereocenters. The molecule has 12 rings (SSSR count). The summed E-state index contributed by atoms with van der Waals surface area (Å²) in [6.07, 6.45) is 0. The van der Waals surface area contributed by atoms with Crippen molar-refractivity contribution in [3.05, 3.63) is 200 Å². The van der Waals surface area contributed by atoms with Gasteiger partial charge in [-0.25, -0.2) is 9.97 Å². The van der Waals surface area contributed by atoms with E-state index in [0.717, 1.165) is 77.8 Å². The molecule has 0 saturated heterocycles. The fourth-order valence-electron chi connectivity index (χ4n) is 9.01. The van der Waals surface area contributed by atoms with Crippen molar-refractivity contribution in [2.75, 3.05) is 0 Å². The molecule has 57 heavy (non-hydrogen) atoms. The number of fused-ring (bicyclic) bond motifs is 9. The summed E-state index contributed by atoms with van der Waals surface area (Å²) in [5.41, 5.74) is 12.7. The summed E-state index contributed by atoms with van der Waals surface area (Å²) in [6, 6.07) is 71.3. The Balaban J connectivity index is 1.27. The summed E-state index contributed by atoms with van der Waals surface area (Å²) in [5.74, 6) is 0.619. The monoisotopic (exact) mass is 727 g/mol. The van der Waals surface area contributed by atoms with Gasteiger partial charge < -0.3 is 9.13 Å². The SMILES string of the molecule is c1ccc(-c2cc(-c3ccccc3)nc(-n3c4ccccc4c4c(-n5c6ccccc6c6ccccc65)cc(-n5c6ccccc6c6ccccc65)cc43)n2)cc1. The highest BCUT2D eigenvalue weighted by Gasteiger charge is 2.24. The van der Waals surface area contributed by atoms with Crippen LogP contribution in [0.5, 0.6) is 0 Å². The van der Waals surface area contributed by atoms with Crippen LogP contribution in [0, 0.1) is 0 Å². The molecule has 5 heteroatoms. The third-order valence-electron chi connectivity index (χ3n) is 11.4. The standard InChI is InChI=1S/C52H33N5/c1-3-17-34(18-4-1)42-33-43(35-19-5-2-6-20-35)54-52(53-42)57-48-30-16-11-25-41(48)51-49(56-46-28-14-9-23-39(46)40-24-10-15-29-47(40)56)31-36(32-50(51)57)55-44-26-12-7-21-37(44)38-22-8-13-27-45(38)55/h1-33H. The van der Waals surface area contributed by atoms with E-state index in [1.807, 2.05) is 12.1 Å². The number of nitrogens with zero attached hydrogens (tertiary/aromatic N) is 5. The van der Waals surface area contributed by atoms with Crippen molar-refractivity contribution in [1.82, 2.24) is 23.7 Å². The third-order valence-corrected chi connectivity index (χ3v) is 11.4. The highest BCUT2D eigenvalue weighted by Crippen LogP contribution is 2.43. The van der Waals surface area contributed by atoms with Crippen LogP contribution in [-0.4, -0.2) is 23.7 Å². The van der Waals surface area contributed by atoms with Crippen LogP contribution in [0.25, 0.3) is 105 Å². The molecule has 12 aromatic rings. The first-order valence-electron chi connectivity index (χ1n) is 19.3. The second-order valence-electron chi connectivity index (χ2n) is 14.6. The summed E-state index contributed by atoms with van der Waals surface area (Å²) in [4.78, 5) is 10.8. The van der Waals surface area contributed by atoms with Gasteiger partial charge in [-0.15, -0.1) is 0 Å². The number of benzene rings is 8. The van der Waals surface area contributed by atoms with Crippen LogP contribution in [0.2, 0.25) is 0 Å². The molecule has 0 bridgehead atoms. The molecule has 0 fully saturated rings. The Labute approximate surface area is 328 Å². The minimum atomic E-state index is 0.619. The normalized spacial score (nSPS) is 11.9. The second-order valence-corrected chi connectivity index (χ2v) is 14.6. The Bertz CT molecular complexity index is 3350.